The van der Waals surface area contributed by atoms with Gasteiger partial charge in [-0.05, 0) is 26.3 Å². The van der Waals surface area contributed by atoms with Crippen LogP contribution in [0.2, 0.25) is 0 Å². The van der Waals surface area contributed by atoms with Crippen LogP contribution in [-0.2, 0) is 25.9 Å². The van der Waals surface area contributed by atoms with E-state index in [-0.39, 0.29) is 12.0 Å². The Balaban J connectivity index is 1.82. The Morgan fingerprint density at radius 1 is 1.32 bits per heavy atom. The van der Waals surface area contributed by atoms with E-state index in [9.17, 15) is 4.79 Å². The van der Waals surface area contributed by atoms with Gasteiger partial charge in [-0.1, -0.05) is 30.3 Å². The lowest BCUT2D eigenvalue weighted by Gasteiger charge is -2.37. The summed E-state index contributed by atoms with van der Waals surface area (Å²) in [5.41, 5.74) is -0.172. The van der Waals surface area contributed by atoms with Crippen molar-refractivity contribution in [3.8, 4) is 0 Å². The minimum atomic E-state index is -0.805. The van der Waals surface area contributed by atoms with E-state index in [0.29, 0.717) is 26.0 Å². The number of benzene rings is 1. The summed E-state index contributed by atoms with van der Waals surface area (Å²) in [6.07, 6.45) is 0.949. The standard InChI is InChI=1S/C17H23NO4/c1-16(2,3)21-22-17(14-12-20-14)10-9-15(19)18(17)11-13-7-5-4-6-8-13/h4-8,14H,9-12H2,1-3H3/t14-,17+/m1/s1. The van der Waals surface area contributed by atoms with Crippen LogP contribution in [0.4, 0.5) is 0 Å². The molecule has 0 spiro atoms. The van der Waals surface area contributed by atoms with Crippen LogP contribution in [0.5, 0.6) is 0 Å². The molecule has 5 heteroatoms. The highest BCUT2D eigenvalue weighted by Gasteiger charge is 2.59. The summed E-state index contributed by atoms with van der Waals surface area (Å²) in [7, 11) is 0. The minimum absolute atomic E-state index is 0.0804. The number of rotatable bonds is 5. The molecule has 1 aromatic rings. The van der Waals surface area contributed by atoms with Gasteiger partial charge >= 0.3 is 0 Å². The zero-order valence-electron chi connectivity index (χ0n) is 13.4. The molecule has 2 saturated heterocycles. The van der Waals surface area contributed by atoms with Gasteiger partial charge in [0.1, 0.15) is 6.10 Å². The summed E-state index contributed by atoms with van der Waals surface area (Å²) in [6, 6.07) is 9.92. The summed E-state index contributed by atoms with van der Waals surface area (Å²) in [5, 5.41) is 0. The lowest BCUT2D eigenvalue weighted by Crippen LogP contribution is -2.52. The van der Waals surface area contributed by atoms with Gasteiger partial charge in [0.05, 0.1) is 12.2 Å². The molecule has 2 heterocycles. The van der Waals surface area contributed by atoms with Crippen LogP contribution in [-0.4, -0.2) is 34.8 Å². The zero-order chi connectivity index (χ0) is 15.8. The van der Waals surface area contributed by atoms with Crippen LogP contribution in [0.25, 0.3) is 0 Å². The van der Waals surface area contributed by atoms with E-state index in [1.165, 1.54) is 0 Å². The van der Waals surface area contributed by atoms with Gasteiger partial charge in [0.2, 0.25) is 11.6 Å². The van der Waals surface area contributed by atoms with Crippen molar-refractivity contribution < 1.29 is 19.3 Å². The highest BCUT2D eigenvalue weighted by Crippen LogP contribution is 2.42. The number of hydrogen-bond acceptors (Lipinski definition) is 4. The fraction of sp³-hybridized carbons (Fsp3) is 0.588. The number of carbonyl (C=O) groups excluding carboxylic acids is 1. The van der Waals surface area contributed by atoms with Crippen LogP contribution in [0, 0.1) is 0 Å². The second-order valence-corrected chi connectivity index (χ2v) is 6.91. The fourth-order valence-corrected chi connectivity index (χ4v) is 2.74. The number of amides is 1. The number of likely N-dealkylation sites (tertiary alicyclic amines) is 1. The molecule has 0 unspecified atom stereocenters. The van der Waals surface area contributed by atoms with Gasteiger partial charge in [0.25, 0.3) is 0 Å². The number of hydrogen-bond donors (Lipinski definition) is 0. The number of epoxide rings is 1. The molecule has 2 aliphatic rings. The van der Waals surface area contributed by atoms with Gasteiger partial charge in [-0.3, -0.25) is 4.79 Å². The predicted octanol–water partition coefficient (Wildman–Crippen LogP) is 2.65. The third-order valence-electron chi connectivity index (χ3n) is 3.91. The first-order valence-corrected chi connectivity index (χ1v) is 7.74. The summed E-state index contributed by atoms with van der Waals surface area (Å²) >= 11 is 0. The fourth-order valence-electron chi connectivity index (χ4n) is 2.74. The van der Waals surface area contributed by atoms with E-state index >= 15 is 0 Å². The smallest absolute Gasteiger partial charge is 0.225 e. The quantitative estimate of drug-likeness (QED) is 0.477. The Kier molecular flexibility index (Phi) is 3.97. The van der Waals surface area contributed by atoms with Crippen LogP contribution >= 0.6 is 0 Å². The summed E-state index contributed by atoms with van der Waals surface area (Å²) in [5.74, 6) is 0.0804. The summed E-state index contributed by atoms with van der Waals surface area (Å²) < 4.78 is 5.48. The monoisotopic (exact) mass is 305 g/mol. The van der Waals surface area contributed by atoms with Crippen molar-refractivity contribution in [2.75, 3.05) is 6.61 Å². The number of carbonyl (C=O) groups is 1. The average Bonchev–Trinajstić information content (AvgIpc) is 3.27. The molecule has 0 N–H and O–H groups in total. The van der Waals surface area contributed by atoms with E-state index in [4.69, 9.17) is 14.5 Å². The Labute approximate surface area is 131 Å². The van der Waals surface area contributed by atoms with E-state index in [1.807, 2.05) is 51.1 Å². The SMILES string of the molecule is CC(C)(C)OO[C@]1([C@H]2CO2)CCC(=O)N1Cc1ccccc1. The lowest BCUT2D eigenvalue weighted by atomic mass is 10.1. The Bertz CT molecular complexity index is 535. The highest BCUT2D eigenvalue weighted by molar-refractivity contribution is 5.79. The Morgan fingerprint density at radius 3 is 2.59 bits per heavy atom. The molecule has 2 aliphatic heterocycles. The minimum Gasteiger partial charge on any atom is -0.368 e. The molecule has 1 aromatic carbocycles. The summed E-state index contributed by atoms with van der Waals surface area (Å²) in [4.78, 5) is 25.5. The normalized spacial score (nSPS) is 28.2. The second-order valence-electron chi connectivity index (χ2n) is 6.91. The summed E-state index contributed by atoms with van der Waals surface area (Å²) in [6.45, 7) is 6.88. The van der Waals surface area contributed by atoms with Gasteiger partial charge in [-0.25, -0.2) is 9.78 Å². The van der Waals surface area contributed by atoms with Gasteiger partial charge in [-0.15, -0.1) is 0 Å². The molecule has 0 bridgehead atoms. The van der Waals surface area contributed by atoms with Crippen molar-refractivity contribution >= 4 is 5.91 Å². The first-order chi connectivity index (χ1) is 10.4. The van der Waals surface area contributed by atoms with E-state index in [0.717, 1.165) is 5.56 Å². The molecule has 0 saturated carbocycles. The van der Waals surface area contributed by atoms with Gasteiger partial charge in [-0.2, -0.15) is 0 Å². The van der Waals surface area contributed by atoms with E-state index in [1.54, 1.807) is 4.90 Å². The average molecular weight is 305 g/mol. The Hall–Kier alpha value is -1.43. The molecular formula is C17H23NO4. The van der Waals surface area contributed by atoms with Crippen LogP contribution in [0.1, 0.15) is 39.2 Å². The predicted molar refractivity (Wildman–Crippen MR) is 80.6 cm³/mol. The van der Waals surface area contributed by atoms with Crippen LogP contribution in [0.3, 0.4) is 0 Å². The number of ether oxygens (including phenoxy) is 1. The third kappa shape index (κ3) is 3.16. The van der Waals surface area contributed by atoms with Gasteiger partial charge in [0, 0.05) is 19.4 Å². The molecule has 0 aliphatic carbocycles. The maximum atomic E-state index is 12.4. The van der Waals surface area contributed by atoms with Gasteiger partial charge in [0.15, 0.2) is 0 Å². The lowest BCUT2D eigenvalue weighted by molar-refractivity contribution is -0.428. The largest absolute Gasteiger partial charge is 0.368 e. The van der Waals surface area contributed by atoms with Crippen LogP contribution in [0.15, 0.2) is 30.3 Å². The maximum absolute atomic E-state index is 12.4. The van der Waals surface area contributed by atoms with Crippen LogP contribution < -0.4 is 0 Å². The van der Waals surface area contributed by atoms with Crippen molar-refractivity contribution in [2.24, 2.45) is 0 Å². The molecule has 5 nitrogen and oxygen atoms in total. The van der Waals surface area contributed by atoms with Crippen molar-refractivity contribution in [3.63, 3.8) is 0 Å². The molecule has 3 rings (SSSR count). The van der Waals surface area contributed by atoms with Crippen molar-refractivity contribution in [1.82, 2.24) is 4.90 Å². The van der Waals surface area contributed by atoms with E-state index in [2.05, 4.69) is 0 Å². The molecule has 0 aromatic heterocycles. The topological polar surface area (TPSA) is 51.3 Å². The molecule has 2 fully saturated rings. The first-order valence-electron chi connectivity index (χ1n) is 7.74. The molecule has 1 amide bonds. The maximum Gasteiger partial charge on any atom is 0.225 e. The van der Waals surface area contributed by atoms with Crippen molar-refractivity contribution in [3.05, 3.63) is 35.9 Å². The third-order valence-corrected chi connectivity index (χ3v) is 3.91. The van der Waals surface area contributed by atoms with Gasteiger partial charge < -0.3 is 9.64 Å². The van der Waals surface area contributed by atoms with Crippen molar-refractivity contribution in [1.29, 1.82) is 0 Å². The number of nitrogens with zero attached hydrogens (tertiary/aromatic N) is 1. The molecule has 22 heavy (non-hydrogen) atoms. The zero-order valence-corrected chi connectivity index (χ0v) is 13.4. The molecule has 0 radical (unpaired) electrons. The van der Waals surface area contributed by atoms with E-state index < -0.39 is 11.3 Å². The highest BCUT2D eigenvalue weighted by atomic mass is 17.2. The van der Waals surface area contributed by atoms with Crippen molar-refractivity contribution in [2.45, 2.75) is 57.6 Å². The molecule has 2 atom stereocenters. The molecule has 120 valence electrons. The molecular weight excluding hydrogens is 282 g/mol. The second kappa shape index (κ2) is 5.65. The Morgan fingerprint density at radius 2 is 2.00 bits per heavy atom. The first kappa shape index (κ1) is 15.5.